The van der Waals surface area contributed by atoms with Crippen molar-refractivity contribution < 1.29 is 19.1 Å². The van der Waals surface area contributed by atoms with Crippen molar-refractivity contribution in [3.05, 3.63) is 29.5 Å². The van der Waals surface area contributed by atoms with Gasteiger partial charge >= 0.3 is 6.09 Å². The Hall–Kier alpha value is -2.61. The van der Waals surface area contributed by atoms with Gasteiger partial charge in [-0.05, 0) is 43.9 Å². The van der Waals surface area contributed by atoms with Crippen molar-refractivity contribution >= 4 is 22.9 Å². The summed E-state index contributed by atoms with van der Waals surface area (Å²) in [6.45, 7) is 4.50. The summed E-state index contributed by atoms with van der Waals surface area (Å²) in [5.74, 6) is -0.120. The van der Waals surface area contributed by atoms with Gasteiger partial charge in [0, 0.05) is 36.8 Å². The maximum absolute atomic E-state index is 12.4. The number of likely N-dealkylation sites (tertiary alicyclic amines) is 1. The van der Waals surface area contributed by atoms with Crippen LogP contribution in [0, 0.1) is 6.92 Å². The van der Waals surface area contributed by atoms with Gasteiger partial charge in [-0.15, -0.1) is 0 Å². The summed E-state index contributed by atoms with van der Waals surface area (Å²) in [5, 5.41) is 8.19. The molecule has 1 aromatic heterocycles. The Balaban J connectivity index is 1.38. The molecule has 0 bridgehead atoms. The first-order valence-corrected chi connectivity index (χ1v) is 9.40. The predicted molar refractivity (Wildman–Crippen MR) is 98.4 cm³/mol. The van der Waals surface area contributed by atoms with E-state index in [0.717, 1.165) is 48.8 Å². The highest BCUT2D eigenvalue weighted by molar-refractivity contribution is 6.00. The molecule has 0 unspecified atom stereocenters. The summed E-state index contributed by atoms with van der Waals surface area (Å²) >= 11 is 0. The highest BCUT2D eigenvalue weighted by Crippen LogP contribution is 2.23. The number of aromatic nitrogens is 2. The lowest BCUT2D eigenvalue weighted by Gasteiger charge is -2.29. The number of fused-ring (bicyclic) bond motifs is 1. The van der Waals surface area contributed by atoms with Crippen LogP contribution in [-0.4, -0.2) is 59.0 Å². The summed E-state index contributed by atoms with van der Waals surface area (Å²) in [7, 11) is 0. The van der Waals surface area contributed by atoms with E-state index in [1.165, 1.54) is 0 Å². The Labute approximate surface area is 157 Å². The fourth-order valence-electron chi connectivity index (χ4n) is 3.02. The molecule has 27 heavy (non-hydrogen) atoms. The van der Waals surface area contributed by atoms with Crippen molar-refractivity contribution in [1.82, 2.24) is 20.0 Å². The number of hydrogen-bond acceptors (Lipinski definition) is 5. The molecule has 8 heteroatoms. The van der Waals surface area contributed by atoms with Crippen LogP contribution in [0.5, 0.6) is 0 Å². The molecular formula is C19H24N4O4. The van der Waals surface area contributed by atoms with Crippen LogP contribution in [0.4, 0.5) is 4.79 Å². The smallest absolute Gasteiger partial charge is 0.411 e. The zero-order valence-corrected chi connectivity index (χ0v) is 15.4. The predicted octanol–water partition coefficient (Wildman–Crippen LogP) is 2.05. The van der Waals surface area contributed by atoms with Gasteiger partial charge in [0.25, 0.3) is 5.91 Å². The number of nitrogens with zero attached hydrogens (tertiary/aromatic N) is 3. The van der Waals surface area contributed by atoms with Gasteiger partial charge in [0.15, 0.2) is 6.73 Å². The molecule has 2 heterocycles. The Morgan fingerprint density at radius 2 is 2.11 bits per heavy atom. The summed E-state index contributed by atoms with van der Waals surface area (Å²) in [4.78, 5) is 25.9. The van der Waals surface area contributed by atoms with Gasteiger partial charge in [-0.3, -0.25) is 4.79 Å². The maximum atomic E-state index is 12.4. The van der Waals surface area contributed by atoms with Crippen molar-refractivity contribution in [2.24, 2.45) is 0 Å². The summed E-state index contributed by atoms with van der Waals surface area (Å²) < 4.78 is 12.4. The molecule has 4 rings (SSSR count). The number of hydrogen-bond donors (Lipinski definition) is 1. The Bertz CT molecular complexity index is 855. The fourth-order valence-corrected chi connectivity index (χ4v) is 3.02. The zero-order chi connectivity index (χ0) is 18.8. The number of nitrogens with one attached hydrogen (secondary N) is 1. The molecule has 1 saturated carbocycles. The lowest BCUT2D eigenvalue weighted by molar-refractivity contribution is 0.0543. The summed E-state index contributed by atoms with van der Waals surface area (Å²) in [6, 6.07) is 3.59. The van der Waals surface area contributed by atoms with Crippen molar-refractivity contribution in [2.75, 3.05) is 26.2 Å². The number of benzene rings is 1. The van der Waals surface area contributed by atoms with Gasteiger partial charge in [0.05, 0.1) is 18.2 Å². The van der Waals surface area contributed by atoms with Crippen LogP contribution in [0.25, 0.3) is 10.9 Å². The third-order valence-electron chi connectivity index (χ3n) is 4.95. The average molecular weight is 372 g/mol. The minimum Gasteiger partial charge on any atom is -0.426 e. The minimum absolute atomic E-state index is 0.0590. The molecule has 1 aliphatic heterocycles. The molecule has 1 aliphatic carbocycles. The number of amides is 2. The molecular weight excluding hydrogens is 348 g/mol. The van der Waals surface area contributed by atoms with E-state index in [4.69, 9.17) is 9.47 Å². The molecule has 2 amide bonds. The second-order valence-corrected chi connectivity index (χ2v) is 7.05. The van der Waals surface area contributed by atoms with Crippen LogP contribution < -0.4 is 5.32 Å². The first-order valence-electron chi connectivity index (χ1n) is 9.40. The second kappa shape index (κ2) is 7.56. The molecule has 0 spiro atoms. The van der Waals surface area contributed by atoms with Crippen molar-refractivity contribution in [1.29, 1.82) is 0 Å². The van der Waals surface area contributed by atoms with E-state index in [0.29, 0.717) is 24.8 Å². The monoisotopic (exact) mass is 372 g/mol. The third-order valence-corrected chi connectivity index (χ3v) is 4.95. The number of carbonyl (C=O) groups excluding carboxylic acids is 2. The zero-order valence-electron chi connectivity index (χ0n) is 15.4. The van der Waals surface area contributed by atoms with Crippen LogP contribution in [0.3, 0.4) is 0 Å². The molecule has 2 fully saturated rings. The van der Waals surface area contributed by atoms with E-state index < -0.39 is 0 Å². The van der Waals surface area contributed by atoms with Gasteiger partial charge in [-0.1, -0.05) is 0 Å². The molecule has 0 radical (unpaired) electrons. The molecule has 2 aliphatic rings. The van der Waals surface area contributed by atoms with Gasteiger partial charge in [0.2, 0.25) is 0 Å². The van der Waals surface area contributed by atoms with Gasteiger partial charge in [-0.2, -0.15) is 5.10 Å². The molecule has 0 atom stereocenters. The maximum Gasteiger partial charge on any atom is 0.411 e. The number of ether oxygens (including phenoxy) is 2. The van der Waals surface area contributed by atoms with Gasteiger partial charge in [0.1, 0.15) is 0 Å². The van der Waals surface area contributed by atoms with Crippen LogP contribution >= 0.6 is 0 Å². The lowest BCUT2D eigenvalue weighted by Crippen LogP contribution is -2.42. The molecule has 1 saturated heterocycles. The largest absolute Gasteiger partial charge is 0.426 e. The topological polar surface area (TPSA) is 85.7 Å². The molecule has 1 N–H and O–H groups in total. The molecule has 8 nitrogen and oxygen atoms in total. The van der Waals surface area contributed by atoms with Crippen molar-refractivity contribution in [2.45, 2.75) is 39.0 Å². The van der Waals surface area contributed by atoms with E-state index in [2.05, 4.69) is 10.4 Å². The second-order valence-electron chi connectivity index (χ2n) is 7.05. The van der Waals surface area contributed by atoms with Gasteiger partial charge < -0.3 is 19.7 Å². The van der Waals surface area contributed by atoms with E-state index in [1.54, 1.807) is 21.8 Å². The third kappa shape index (κ3) is 4.05. The van der Waals surface area contributed by atoms with E-state index in [9.17, 15) is 9.59 Å². The van der Waals surface area contributed by atoms with Gasteiger partial charge in [-0.25, -0.2) is 9.48 Å². The van der Waals surface area contributed by atoms with Crippen LogP contribution in [0.2, 0.25) is 0 Å². The van der Waals surface area contributed by atoms with E-state index >= 15 is 0 Å². The first-order chi connectivity index (χ1) is 13.1. The Morgan fingerprint density at radius 3 is 2.81 bits per heavy atom. The molecule has 1 aromatic carbocycles. The average Bonchev–Trinajstić information content (AvgIpc) is 3.33. The van der Waals surface area contributed by atoms with Crippen LogP contribution in [0.1, 0.15) is 35.2 Å². The first kappa shape index (κ1) is 17.8. The van der Waals surface area contributed by atoms with E-state index in [1.807, 2.05) is 13.0 Å². The van der Waals surface area contributed by atoms with E-state index in [-0.39, 0.29) is 18.7 Å². The highest BCUT2D eigenvalue weighted by Gasteiger charge is 2.22. The molecule has 2 aromatic rings. The number of rotatable bonds is 7. The normalized spacial score (nSPS) is 16.3. The standard InChI is InChI=1S/C19H24N4O4/c1-13-15(18(24)20-7-10-26-14-3-4-14)5-6-17-16(13)11-23(21-17)12-27-19(25)22-8-2-9-22/h5-6,11,14H,2-4,7-10,12H2,1H3,(H,20,24). The fraction of sp³-hybridized carbons (Fsp3) is 0.526. The van der Waals surface area contributed by atoms with Crippen LogP contribution in [-0.2, 0) is 16.2 Å². The number of carbonyl (C=O) groups is 2. The van der Waals surface area contributed by atoms with Crippen molar-refractivity contribution in [3.63, 3.8) is 0 Å². The SMILES string of the molecule is Cc1c(C(=O)NCCOC2CC2)ccc2nn(COC(=O)N3CCC3)cc12. The number of aryl methyl sites for hydroxylation is 1. The lowest BCUT2D eigenvalue weighted by atomic mass is 10.0. The summed E-state index contributed by atoms with van der Waals surface area (Å²) in [6.07, 6.45) is 5.16. The Morgan fingerprint density at radius 1 is 1.30 bits per heavy atom. The molecule has 144 valence electrons. The van der Waals surface area contributed by atoms with Crippen LogP contribution in [0.15, 0.2) is 18.3 Å². The van der Waals surface area contributed by atoms with Crippen molar-refractivity contribution in [3.8, 4) is 0 Å². The highest BCUT2D eigenvalue weighted by atomic mass is 16.6. The summed E-state index contributed by atoms with van der Waals surface area (Å²) in [5.41, 5.74) is 2.24. The Kier molecular flexibility index (Phi) is 4.98. The quantitative estimate of drug-likeness (QED) is 0.752. The minimum atomic E-state index is -0.314.